The summed E-state index contributed by atoms with van der Waals surface area (Å²) in [7, 11) is 0.130. The van der Waals surface area contributed by atoms with E-state index in [2.05, 4.69) is 67.5 Å². The molecule has 1 atom stereocenters. The average molecular weight is 392 g/mol. The molecule has 4 heteroatoms. The van der Waals surface area contributed by atoms with E-state index in [1.54, 1.807) is 0 Å². The van der Waals surface area contributed by atoms with Crippen molar-refractivity contribution in [3.8, 4) is 5.75 Å². The topological polar surface area (TPSA) is 26.3 Å². The summed E-state index contributed by atoms with van der Waals surface area (Å²) in [5.74, 6) is 1.37. The van der Waals surface area contributed by atoms with Crippen molar-refractivity contribution in [2.45, 2.75) is 60.8 Å². The van der Waals surface area contributed by atoms with Crippen LogP contribution in [0.2, 0.25) is 0 Å². The van der Waals surface area contributed by atoms with E-state index in [9.17, 15) is 4.79 Å². The zero-order chi connectivity index (χ0) is 20.4. The van der Waals surface area contributed by atoms with Gasteiger partial charge in [0.25, 0.3) is 0 Å². The summed E-state index contributed by atoms with van der Waals surface area (Å²) in [6.07, 6.45) is 0. The van der Waals surface area contributed by atoms with Crippen molar-refractivity contribution in [2.75, 3.05) is 6.61 Å². The number of ether oxygens (including phenoxy) is 1. The molecule has 0 amide bonds. The molecule has 0 fully saturated rings. The Kier molecular flexibility index (Phi) is 9.02. The van der Waals surface area contributed by atoms with E-state index < -0.39 is 0 Å². The van der Waals surface area contributed by atoms with E-state index in [0.29, 0.717) is 12.5 Å². The molecule has 0 aliphatic carbocycles. The van der Waals surface area contributed by atoms with Crippen LogP contribution < -0.4 is 10.0 Å². The first-order valence-corrected chi connectivity index (χ1v) is 10.7. The average Bonchev–Trinajstić information content (AvgIpc) is 2.53. The standard InChI is InChI=1S/C24H33O2P.Li.H/c1-15(2)14-26-20-9-10-21(16(3)13-20)27-23(25)22-17(4)11-19(12-18(22)5)24(6,7)8;;/h9-13,15,27H,14H2,1-8H3;;. The first-order valence-electron chi connectivity index (χ1n) is 9.65. The number of carbonyl (C=O) groups is 1. The summed E-state index contributed by atoms with van der Waals surface area (Å²) in [4.78, 5) is 13.0. The Morgan fingerprint density at radius 1 is 1.00 bits per heavy atom. The molecular weight excluding hydrogens is 358 g/mol. The van der Waals surface area contributed by atoms with Crippen molar-refractivity contribution < 1.29 is 9.53 Å². The molecule has 0 radical (unpaired) electrons. The summed E-state index contributed by atoms with van der Waals surface area (Å²) in [6, 6.07) is 10.4. The SMILES string of the molecule is Cc1cc(OCC(C)C)ccc1PC(=O)c1c(C)cc(C(C)(C)C)cc1C.[LiH]. The van der Waals surface area contributed by atoms with E-state index in [4.69, 9.17) is 4.74 Å². The Balaban J connectivity index is 0.00000392. The van der Waals surface area contributed by atoms with Crippen LogP contribution in [-0.2, 0) is 5.41 Å². The van der Waals surface area contributed by atoms with Gasteiger partial charge in [-0.1, -0.05) is 52.8 Å². The van der Waals surface area contributed by atoms with Gasteiger partial charge in [0, 0.05) is 5.56 Å². The molecule has 2 aromatic rings. The number of hydrogen-bond acceptors (Lipinski definition) is 2. The number of aryl methyl sites for hydroxylation is 3. The third kappa shape index (κ3) is 6.49. The van der Waals surface area contributed by atoms with Crippen LogP contribution in [-0.4, -0.2) is 31.0 Å². The molecule has 0 aromatic heterocycles. The number of hydrogen-bond donors (Lipinski definition) is 0. The van der Waals surface area contributed by atoms with Crippen molar-refractivity contribution in [2.24, 2.45) is 5.92 Å². The van der Waals surface area contributed by atoms with Gasteiger partial charge >= 0.3 is 18.9 Å². The molecule has 1 unspecified atom stereocenters. The minimum absolute atomic E-state index is 0. The number of benzene rings is 2. The van der Waals surface area contributed by atoms with Crippen molar-refractivity contribution >= 4 is 38.3 Å². The van der Waals surface area contributed by atoms with E-state index in [1.165, 1.54) is 5.56 Å². The van der Waals surface area contributed by atoms with Gasteiger partial charge in [-0.15, -0.1) is 0 Å². The van der Waals surface area contributed by atoms with Crippen LogP contribution in [0.25, 0.3) is 0 Å². The second kappa shape index (κ2) is 10.1. The second-order valence-corrected chi connectivity index (χ2v) is 10.1. The molecule has 148 valence electrons. The van der Waals surface area contributed by atoms with E-state index in [-0.39, 0.29) is 38.4 Å². The summed E-state index contributed by atoms with van der Waals surface area (Å²) in [5, 5.41) is 1.09. The van der Waals surface area contributed by atoms with Crippen LogP contribution in [0.15, 0.2) is 30.3 Å². The molecule has 2 rings (SSSR count). The van der Waals surface area contributed by atoms with Gasteiger partial charge in [-0.05, 0) is 80.4 Å². The predicted molar refractivity (Wildman–Crippen MR) is 126 cm³/mol. The van der Waals surface area contributed by atoms with Gasteiger partial charge in [0.15, 0.2) is 5.52 Å². The maximum atomic E-state index is 13.0. The van der Waals surface area contributed by atoms with Crippen LogP contribution in [0.3, 0.4) is 0 Å². The van der Waals surface area contributed by atoms with Crippen molar-refractivity contribution in [3.63, 3.8) is 0 Å². The molecule has 0 bridgehead atoms. The monoisotopic (exact) mass is 392 g/mol. The van der Waals surface area contributed by atoms with Crippen molar-refractivity contribution in [3.05, 3.63) is 58.1 Å². The van der Waals surface area contributed by atoms with Crippen LogP contribution >= 0.6 is 8.58 Å². The third-order valence-electron chi connectivity index (χ3n) is 4.66. The van der Waals surface area contributed by atoms with Gasteiger partial charge in [-0.2, -0.15) is 0 Å². The number of rotatable bonds is 6. The summed E-state index contributed by atoms with van der Waals surface area (Å²) >= 11 is 0. The summed E-state index contributed by atoms with van der Waals surface area (Å²) in [5.41, 5.74) is 5.72. The predicted octanol–water partition coefficient (Wildman–Crippen LogP) is 5.44. The van der Waals surface area contributed by atoms with Crippen LogP contribution in [0.5, 0.6) is 5.75 Å². The Morgan fingerprint density at radius 3 is 2.04 bits per heavy atom. The molecule has 28 heavy (non-hydrogen) atoms. The first-order chi connectivity index (χ1) is 12.5. The normalized spacial score (nSPS) is 11.8. The zero-order valence-electron chi connectivity index (χ0n) is 18.0. The van der Waals surface area contributed by atoms with Crippen molar-refractivity contribution in [1.29, 1.82) is 0 Å². The van der Waals surface area contributed by atoms with E-state index in [0.717, 1.165) is 33.3 Å². The van der Waals surface area contributed by atoms with Gasteiger partial charge in [0.1, 0.15) is 5.75 Å². The molecule has 0 heterocycles. The van der Waals surface area contributed by atoms with Gasteiger partial charge in [0.2, 0.25) is 0 Å². The summed E-state index contributed by atoms with van der Waals surface area (Å²) in [6.45, 7) is 17.8. The molecule has 0 aliphatic rings. The fraction of sp³-hybridized carbons (Fsp3) is 0.458. The Bertz CT molecular complexity index is 812. The zero-order valence-corrected chi connectivity index (χ0v) is 19.0. The molecule has 2 nitrogen and oxygen atoms in total. The molecule has 0 N–H and O–H groups in total. The quantitative estimate of drug-likeness (QED) is 0.483. The number of carbonyl (C=O) groups excluding carboxylic acids is 1. The van der Waals surface area contributed by atoms with Crippen LogP contribution in [0, 0.1) is 26.7 Å². The second-order valence-electron chi connectivity index (χ2n) is 8.87. The minimum atomic E-state index is 0. The summed E-state index contributed by atoms with van der Waals surface area (Å²) < 4.78 is 5.79. The maximum absolute atomic E-state index is 13.0. The Hall–Kier alpha value is -1.06. The fourth-order valence-electron chi connectivity index (χ4n) is 3.07. The van der Waals surface area contributed by atoms with Gasteiger partial charge in [-0.3, -0.25) is 4.79 Å². The van der Waals surface area contributed by atoms with Crippen LogP contribution in [0.1, 0.15) is 67.2 Å². The Labute approximate surface area is 184 Å². The van der Waals surface area contributed by atoms with Crippen molar-refractivity contribution in [1.82, 2.24) is 0 Å². The van der Waals surface area contributed by atoms with E-state index >= 15 is 0 Å². The van der Waals surface area contributed by atoms with Gasteiger partial charge in [-0.25, -0.2) is 0 Å². The van der Waals surface area contributed by atoms with Gasteiger partial charge in [0.05, 0.1) is 6.61 Å². The molecule has 0 aliphatic heterocycles. The van der Waals surface area contributed by atoms with Crippen LogP contribution in [0.4, 0.5) is 0 Å². The molecule has 2 aromatic carbocycles. The molecule has 0 saturated carbocycles. The fourth-order valence-corrected chi connectivity index (χ4v) is 4.27. The van der Waals surface area contributed by atoms with Gasteiger partial charge < -0.3 is 4.74 Å². The first kappa shape index (κ1) is 25.0. The molecule has 0 saturated heterocycles. The molecule has 0 spiro atoms. The van der Waals surface area contributed by atoms with E-state index in [1.807, 2.05) is 18.2 Å². The third-order valence-corrected chi connectivity index (χ3v) is 5.96. The Morgan fingerprint density at radius 2 is 1.57 bits per heavy atom. The molecular formula is C24H34LiO2P.